The summed E-state index contributed by atoms with van der Waals surface area (Å²) in [5.74, 6) is -0.313. The van der Waals surface area contributed by atoms with Gasteiger partial charge < -0.3 is 0 Å². The third kappa shape index (κ3) is 14.2. The molecule has 70 heavy (non-hydrogen) atoms. The number of hydrogen-bond acceptors (Lipinski definition) is 17. The molecule has 380 valence electrons. The van der Waals surface area contributed by atoms with Crippen LogP contribution in [0.2, 0.25) is 0 Å². The molecule has 0 saturated carbocycles. The Labute approximate surface area is 409 Å². The number of benzene rings is 3. The van der Waals surface area contributed by atoms with Crippen LogP contribution in [0.25, 0.3) is 0 Å². The zero-order valence-electron chi connectivity index (χ0n) is 41.2. The normalized spacial score (nSPS) is 17.8. The number of nitriles is 1. The fourth-order valence-electron chi connectivity index (χ4n) is 8.63. The van der Waals surface area contributed by atoms with E-state index in [1.807, 2.05) is 111 Å². The average molecular weight is 992 g/mol. The predicted molar refractivity (Wildman–Crippen MR) is 260 cm³/mol. The first kappa shape index (κ1) is 55.1. The molecule has 1 amide bonds. The van der Waals surface area contributed by atoms with Crippen LogP contribution < -0.4 is 20.5 Å². The number of ether oxygens (including phenoxy) is 8. The quantitative estimate of drug-likeness (QED) is 0.0232. The molecule has 1 aliphatic rings. The van der Waals surface area contributed by atoms with Crippen LogP contribution >= 0.6 is 7.87 Å². The van der Waals surface area contributed by atoms with E-state index in [1.54, 1.807) is 14.2 Å². The number of aromatic nitrogens is 2. The Morgan fingerprint density at radius 3 is 2.00 bits per heavy atom. The third-order valence-corrected chi connectivity index (χ3v) is 14.9. The number of rotatable bonds is 26. The van der Waals surface area contributed by atoms with Crippen LogP contribution in [0.5, 0.6) is 11.5 Å². The minimum atomic E-state index is -4.15. The van der Waals surface area contributed by atoms with Crippen molar-refractivity contribution in [2.24, 2.45) is 0 Å². The number of carbonyl (C=O) groups excluding carboxylic acids is 3. The summed E-state index contributed by atoms with van der Waals surface area (Å²) in [6.07, 6.45) is -4.21. The second-order valence-corrected chi connectivity index (χ2v) is 19.9. The summed E-state index contributed by atoms with van der Waals surface area (Å²) in [4.78, 5) is 66.4. The zero-order valence-corrected chi connectivity index (χ0v) is 42.2. The van der Waals surface area contributed by atoms with Crippen LogP contribution in [0.4, 0.5) is 5.82 Å². The Morgan fingerprint density at radius 1 is 0.886 bits per heavy atom. The molecule has 2 heterocycles. The van der Waals surface area contributed by atoms with Crippen LogP contribution in [0.15, 0.2) is 95.9 Å². The Bertz CT molecular complexity index is 2360. The molecule has 0 bridgehead atoms. The van der Waals surface area contributed by atoms with Crippen LogP contribution in [0.3, 0.4) is 0 Å². The van der Waals surface area contributed by atoms with Gasteiger partial charge in [0.25, 0.3) is 0 Å². The van der Waals surface area contributed by atoms with Crippen molar-refractivity contribution in [1.29, 1.82) is 5.26 Å². The molecular formula is C50H66N5O14P. The number of methoxy groups -OCH3 is 2. The van der Waals surface area contributed by atoms with E-state index in [-0.39, 0.29) is 56.7 Å². The first-order chi connectivity index (χ1) is 33.5. The molecule has 0 radical (unpaired) electrons. The van der Waals surface area contributed by atoms with E-state index < -0.39 is 74.4 Å². The molecule has 2 N–H and O–H groups in total. The molecule has 19 nitrogen and oxygen atoms in total. The van der Waals surface area contributed by atoms with Gasteiger partial charge in [0.2, 0.25) is 0 Å². The molecule has 5 rings (SSSR count). The molecule has 4 aromatic rings. The Balaban J connectivity index is 1.66. The van der Waals surface area contributed by atoms with Crippen molar-refractivity contribution in [3.63, 3.8) is 0 Å². The maximum absolute atomic E-state index is 14.0. The van der Waals surface area contributed by atoms with Gasteiger partial charge in [0.15, 0.2) is 0 Å². The van der Waals surface area contributed by atoms with E-state index >= 15 is 0 Å². The van der Waals surface area contributed by atoms with Gasteiger partial charge in [0.05, 0.1) is 0 Å². The number of anilines is 1. The fourth-order valence-corrected chi connectivity index (χ4v) is 11.9. The van der Waals surface area contributed by atoms with Crippen molar-refractivity contribution in [2.75, 3.05) is 52.3 Å². The van der Waals surface area contributed by atoms with E-state index in [2.05, 4.69) is 16.4 Å². The molecule has 5 atom stereocenters. The number of hydrogen-bond donors (Lipinski definition) is 2. The van der Waals surface area contributed by atoms with Crippen LogP contribution in [0, 0.1) is 11.3 Å². The van der Waals surface area contributed by atoms with E-state index in [4.69, 9.17) is 42.4 Å². The molecule has 1 aromatic heterocycles. The molecule has 1 fully saturated rings. The van der Waals surface area contributed by atoms with Gasteiger partial charge in [-0.05, 0) is 0 Å². The summed E-state index contributed by atoms with van der Waals surface area (Å²) >= 11 is 0. The Kier molecular flexibility index (Phi) is 20.4. The zero-order chi connectivity index (χ0) is 51.0. The van der Waals surface area contributed by atoms with Gasteiger partial charge >= 0.3 is 399 Å². The van der Waals surface area contributed by atoms with E-state index in [0.717, 1.165) is 16.7 Å². The summed E-state index contributed by atoms with van der Waals surface area (Å²) in [7, 11) is -0.989. The van der Waals surface area contributed by atoms with Crippen molar-refractivity contribution in [1.82, 2.24) is 14.2 Å². The van der Waals surface area contributed by atoms with Crippen molar-refractivity contribution in [2.45, 2.75) is 110 Å². The summed E-state index contributed by atoms with van der Waals surface area (Å²) < 4.78 is 58.3. The SMILES string of the molecule is COc1ccc(C(OC[C@H]2O[C@@H](n3ccc(NC(C)=O)nc3=O)[C@H](OCOCCC(COC(C)=O)OC(C)=O)[C@@H]2O[PH](O)(CCC#N)N(C(C)C)C(C)C)(c2ccccc2)c2ccc(OC)cc2)cc1. The number of esters is 2. The summed E-state index contributed by atoms with van der Waals surface area (Å²) in [5, 5.41) is 12.4. The fraction of sp³-hybridized carbons (Fsp3) is 0.480. The summed E-state index contributed by atoms with van der Waals surface area (Å²) in [5.41, 5.74) is 0.0412. The molecule has 1 unspecified atom stereocenters. The second kappa shape index (κ2) is 25.9. The van der Waals surface area contributed by atoms with Gasteiger partial charge in [0.1, 0.15) is 0 Å². The van der Waals surface area contributed by atoms with Gasteiger partial charge in [-0.2, -0.15) is 0 Å². The molecule has 20 heteroatoms. The average Bonchev–Trinajstić information content (AvgIpc) is 3.65. The van der Waals surface area contributed by atoms with Gasteiger partial charge in [0, 0.05) is 6.92 Å². The minimum absolute atomic E-state index is 0.00532. The number of amides is 1. The molecule has 1 aliphatic heterocycles. The van der Waals surface area contributed by atoms with Crippen molar-refractivity contribution < 1.29 is 61.7 Å². The van der Waals surface area contributed by atoms with Gasteiger partial charge in [-0.25, -0.2) is 0 Å². The molecule has 0 aliphatic carbocycles. The molecule has 1 saturated heterocycles. The Hall–Kier alpha value is -5.81. The number of nitrogens with zero attached hydrogens (tertiary/aromatic N) is 4. The van der Waals surface area contributed by atoms with E-state index in [9.17, 15) is 29.3 Å². The van der Waals surface area contributed by atoms with Crippen LogP contribution in [-0.2, 0) is 52.9 Å². The number of carbonyl (C=O) groups is 3. The summed E-state index contributed by atoms with van der Waals surface area (Å²) in [6.45, 7) is 10.6. The predicted octanol–water partition coefficient (Wildman–Crippen LogP) is 6.27. The van der Waals surface area contributed by atoms with E-state index in [1.165, 1.54) is 37.6 Å². The first-order valence-electron chi connectivity index (χ1n) is 23.0. The van der Waals surface area contributed by atoms with Gasteiger partial charge in [-0.1, -0.05) is 0 Å². The van der Waals surface area contributed by atoms with Gasteiger partial charge in [-0.3, -0.25) is 4.79 Å². The van der Waals surface area contributed by atoms with Crippen molar-refractivity contribution in [3.05, 3.63) is 118 Å². The van der Waals surface area contributed by atoms with Crippen LogP contribution in [0.1, 0.15) is 84.2 Å². The van der Waals surface area contributed by atoms with E-state index in [0.29, 0.717) is 11.5 Å². The summed E-state index contributed by atoms with van der Waals surface area (Å²) in [6, 6.07) is 27.7. The third-order valence-electron chi connectivity index (χ3n) is 11.5. The van der Waals surface area contributed by atoms with Crippen molar-refractivity contribution >= 4 is 31.5 Å². The van der Waals surface area contributed by atoms with Crippen molar-refractivity contribution in [3.8, 4) is 17.6 Å². The Morgan fingerprint density at radius 2 is 1.49 bits per heavy atom. The van der Waals surface area contributed by atoms with Crippen LogP contribution in [-0.4, -0.2) is 120 Å². The van der Waals surface area contributed by atoms with Gasteiger partial charge in [-0.15, -0.1) is 0 Å². The topological polar surface area (TPSA) is 228 Å². The molecule has 0 spiro atoms. The molecular weight excluding hydrogens is 926 g/mol. The number of nitrogens with one attached hydrogen (secondary N) is 1. The second-order valence-electron chi connectivity index (χ2n) is 17.1. The monoisotopic (exact) mass is 991 g/mol. The standard InChI is InChI=1S/C50H66N5O14P/c1-33(2)55(34(3)4)70(60,29-13-26-51)69-46-44(31-66-50(38-14-11-10-12-15-38,39-16-20-41(61-8)21-17-39)40-18-22-42(62-9)23-19-40)68-48(54-27-24-45(52-35(5)56)53-49(54)59)47(46)65-32-63-28-25-43(67-37(7)58)30-64-36(6)57/h10-12,14-24,27,33-34,43-44,46-48,60,70H,13,25,28-32H2,1-9H3,(H,52,53,56,59)/t43?,44-,46-,47-,48-/m1/s1. The molecule has 3 aromatic carbocycles. The first-order valence-corrected chi connectivity index (χ1v) is 25.0. The maximum atomic E-state index is 14.0.